The minimum Gasteiger partial charge on any atom is -0.494 e. The van der Waals surface area contributed by atoms with Gasteiger partial charge in [0.15, 0.2) is 0 Å². The molecule has 0 saturated carbocycles. The summed E-state index contributed by atoms with van der Waals surface area (Å²) in [5.74, 6) is 0.573. The highest BCUT2D eigenvalue weighted by Crippen LogP contribution is 2.34. The minimum absolute atomic E-state index is 0.0607. The number of esters is 1. The highest BCUT2D eigenvalue weighted by atomic mass is 16.5. The summed E-state index contributed by atoms with van der Waals surface area (Å²) >= 11 is 0. The fourth-order valence-corrected chi connectivity index (χ4v) is 3.74. The number of rotatable bonds is 4. The van der Waals surface area contributed by atoms with Crippen LogP contribution in [0.25, 0.3) is 0 Å². The number of nitrogens with zero attached hydrogens (tertiary/aromatic N) is 1. The molecule has 1 aromatic rings. The summed E-state index contributed by atoms with van der Waals surface area (Å²) in [5, 5.41) is 0. The summed E-state index contributed by atoms with van der Waals surface area (Å²) in [6.45, 7) is 2.57. The quantitative estimate of drug-likeness (QED) is 0.800. The number of ether oxygens (including phenoxy) is 2. The normalized spacial score (nSPS) is 28.2. The average Bonchev–Trinajstić information content (AvgIpc) is 2.49. The van der Waals surface area contributed by atoms with Crippen LogP contribution in [0.3, 0.4) is 0 Å². The zero-order valence-corrected chi connectivity index (χ0v) is 13.5. The Morgan fingerprint density at radius 2 is 1.82 bits per heavy atom. The Hall–Kier alpha value is -1.55. The van der Waals surface area contributed by atoms with Gasteiger partial charge in [-0.25, -0.2) is 4.79 Å². The molecule has 4 nitrogen and oxygen atoms in total. The molecule has 4 heteroatoms. The van der Waals surface area contributed by atoms with Crippen LogP contribution in [0.4, 0.5) is 0 Å². The van der Waals surface area contributed by atoms with Gasteiger partial charge in [0.1, 0.15) is 11.9 Å². The Labute approximate surface area is 132 Å². The van der Waals surface area contributed by atoms with E-state index in [4.69, 9.17) is 9.47 Å². The lowest BCUT2D eigenvalue weighted by atomic mass is 9.83. The zero-order chi connectivity index (χ0) is 15.5. The van der Waals surface area contributed by atoms with Gasteiger partial charge in [0.25, 0.3) is 0 Å². The van der Waals surface area contributed by atoms with Crippen LogP contribution in [-0.4, -0.2) is 42.7 Å². The monoisotopic (exact) mass is 303 g/mol. The fourth-order valence-electron chi connectivity index (χ4n) is 3.74. The molecule has 2 bridgehead atoms. The molecule has 0 N–H and O–H groups in total. The largest absolute Gasteiger partial charge is 0.494 e. The fraction of sp³-hybridized carbons (Fsp3) is 0.611. The van der Waals surface area contributed by atoms with Crippen LogP contribution in [0.5, 0.6) is 5.75 Å². The van der Waals surface area contributed by atoms with Gasteiger partial charge in [-0.1, -0.05) is 6.42 Å². The number of piperidine rings is 2. The van der Waals surface area contributed by atoms with Crippen LogP contribution in [0.15, 0.2) is 24.3 Å². The summed E-state index contributed by atoms with van der Waals surface area (Å²) in [6.07, 6.45) is 5.75. The first-order chi connectivity index (χ1) is 10.7. The van der Waals surface area contributed by atoms with Crippen LogP contribution < -0.4 is 4.74 Å². The predicted molar refractivity (Wildman–Crippen MR) is 85.2 cm³/mol. The lowest BCUT2D eigenvalue weighted by molar-refractivity contribution is -0.0318. The van der Waals surface area contributed by atoms with Crippen molar-refractivity contribution in [1.82, 2.24) is 4.90 Å². The topological polar surface area (TPSA) is 38.8 Å². The number of fused-ring (bicyclic) bond motifs is 2. The van der Waals surface area contributed by atoms with E-state index in [9.17, 15) is 4.79 Å². The molecule has 22 heavy (non-hydrogen) atoms. The maximum atomic E-state index is 12.3. The van der Waals surface area contributed by atoms with Gasteiger partial charge in [0.2, 0.25) is 0 Å². The van der Waals surface area contributed by atoms with Crippen LogP contribution >= 0.6 is 0 Å². The molecule has 0 unspecified atom stereocenters. The molecule has 2 saturated heterocycles. The van der Waals surface area contributed by atoms with Gasteiger partial charge < -0.3 is 14.4 Å². The van der Waals surface area contributed by atoms with E-state index in [1.165, 1.54) is 19.3 Å². The van der Waals surface area contributed by atoms with Gasteiger partial charge in [-0.3, -0.25) is 0 Å². The lowest BCUT2D eigenvalue weighted by Crippen LogP contribution is -2.52. The number of carbonyl (C=O) groups is 1. The second kappa shape index (κ2) is 6.69. The van der Waals surface area contributed by atoms with E-state index in [0.717, 1.165) is 18.6 Å². The molecule has 2 aliphatic heterocycles. The van der Waals surface area contributed by atoms with Crippen molar-refractivity contribution >= 4 is 5.97 Å². The van der Waals surface area contributed by atoms with Crippen molar-refractivity contribution < 1.29 is 14.3 Å². The predicted octanol–water partition coefficient (Wildman–Crippen LogP) is 3.26. The third-order valence-corrected chi connectivity index (χ3v) is 4.97. The molecule has 2 fully saturated rings. The van der Waals surface area contributed by atoms with E-state index >= 15 is 0 Å². The van der Waals surface area contributed by atoms with Gasteiger partial charge in [-0.05, 0) is 51.1 Å². The van der Waals surface area contributed by atoms with Crippen LogP contribution in [0, 0.1) is 0 Å². The van der Waals surface area contributed by atoms with Crippen LogP contribution in [0.1, 0.15) is 49.4 Å². The Morgan fingerprint density at radius 3 is 2.41 bits per heavy atom. The van der Waals surface area contributed by atoms with E-state index in [1.54, 1.807) is 12.1 Å². The highest BCUT2D eigenvalue weighted by molar-refractivity contribution is 5.89. The minimum atomic E-state index is -0.212. The molecule has 0 radical (unpaired) electrons. The van der Waals surface area contributed by atoms with Gasteiger partial charge in [-0.15, -0.1) is 0 Å². The molecule has 2 aliphatic rings. The van der Waals surface area contributed by atoms with E-state index in [2.05, 4.69) is 11.9 Å². The number of carbonyl (C=O) groups excluding carboxylic acids is 1. The van der Waals surface area contributed by atoms with E-state index in [0.29, 0.717) is 24.3 Å². The Balaban J connectivity index is 1.59. The van der Waals surface area contributed by atoms with Crippen molar-refractivity contribution in [2.75, 3.05) is 13.7 Å². The number of benzene rings is 1. The molecular formula is C18H25NO3. The second-order valence-corrected chi connectivity index (χ2v) is 6.36. The first-order valence-electron chi connectivity index (χ1n) is 8.33. The van der Waals surface area contributed by atoms with Crippen LogP contribution in [0.2, 0.25) is 0 Å². The Kier molecular flexibility index (Phi) is 4.67. The Morgan fingerprint density at radius 1 is 1.18 bits per heavy atom. The van der Waals surface area contributed by atoms with Gasteiger partial charge in [-0.2, -0.15) is 0 Å². The van der Waals surface area contributed by atoms with Gasteiger partial charge in [0.05, 0.1) is 12.2 Å². The van der Waals surface area contributed by atoms with Crippen molar-refractivity contribution in [2.24, 2.45) is 0 Å². The third-order valence-electron chi connectivity index (χ3n) is 4.97. The van der Waals surface area contributed by atoms with Crippen LogP contribution in [-0.2, 0) is 4.74 Å². The summed E-state index contributed by atoms with van der Waals surface area (Å²) in [5.41, 5.74) is 0.604. The summed E-state index contributed by atoms with van der Waals surface area (Å²) < 4.78 is 11.2. The van der Waals surface area contributed by atoms with E-state index < -0.39 is 0 Å². The molecular weight excluding hydrogens is 278 g/mol. The summed E-state index contributed by atoms with van der Waals surface area (Å²) in [6, 6.07) is 8.36. The first kappa shape index (κ1) is 15.3. The third kappa shape index (κ3) is 3.27. The van der Waals surface area contributed by atoms with E-state index in [1.807, 2.05) is 19.1 Å². The standard InChI is InChI=1S/C18H25NO3/c1-3-21-16-9-7-13(8-10-16)18(20)22-17-11-14-5-4-6-15(12-17)19(14)2/h7-10,14-15,17H,3-6,11-12H2,1-2H3/t14-,15-/m1/s1. The maximum absolute atomic E-state index is 12.3. The van der Waals surface area contributed by atoms with Gasteiger partial charge in [0, 0.05) is 24.9 Å². The van der Waals surface area contributed by atoms with E-state index in [-0.39, 0.29) is 12.1 Å². The molecule has 2 atom stereocenters. The van der Waals surface area contributed by atoms with Crippen molar-refractivity contribution in [3.63, 3.8) is 0 Å². The molecule has 0 aliphatic carbocycles. The number of hydrogen-bond acceptors (Lipinski definition) is 4. The summed E-state index contributed by atoms with van der Waals surface area (Å²) in [7, 11) is 2.21. The average molecular weight is 303 g/mol. The zero-order valence-electron chi connectivity index (χ0n) is 13.5. The lowest BCUT2D eigenvalue weighted by Gasteiger charge is -2.46. The SMILES string of the molecule is CCOc1ccc(C(=O)OC2C[C@H]3CCC[C@H](C2)N3C)cc1. The molecule has 0 spiro atoms. The van der Waals surface area contributed by atoms with Crippen molar-refractivity contribution in [1.29, 1.82) is 0 Å². The molecule has 3 rings (SSSR count). The smallest absolute Gasteiger partial charge is 0.338 e. The highest BCUT2D eigenvalue weighted by Gasteiger charge is 2.37. The van der Waals surface area contributed by atoms with Gasteiger partial charge >= 0.3 is 5.97 Å². The van der Waals surface area contributed by atoms with Crippen molar-refractivity contribution in [2.45, 2.75) is 57.2 Å². The maximum Gasteiger partial charge on any atom is 0.338 e. The number of hydrogen-bond donors (Lipinski definition) is 0. The first-order valence-corrected chi connectivity index (χ1v) is 8.33. The Bertz CT molecular complexity index is 500. The van der Waals surface area contributed by atoms with Crippen molar-refractivity contribution in [3.8, 4) is 5.75 Å². The summed E-state index contributed by atoms with van der Waals surface area (Å²) in [4.78, 5) is 14.8. The molecule has 0 aromatic heterocycles. The second-order valence-electron chi connectivity index (χ2n) is 6.36. The molecule has 0 amide bonds. The van der Waals surface area contributed by atoms with Crippen molar-refractivity contribution in [3.05, 3.63) is 29.8 Å². The molecule has 2 heterocycles. The molecule has 120 valence electrons. The molecule has 1 aromatic carbocycles.